The maximum absolute atomic E-state index is 12.9. The lowest BCUT2D eigenvalue weighted by Gasteiger charge is -2.37. The van der Waals surface area contributed by atoms with Gasteiger partial charge in [0.05, 0.1) is 32.5 Å². The van der Waals surface area contributed by atoms with Crippen molar-refractivity contribution in [3.8, 4) is 22.6 Å². The number of ether oxygens (including phenoxy) is 4. The van der Waals surface area contributed by atoms with Crippen LogP contribution >= 0.6 is 0 Å². The largest absolute Gasteiger partial charge is 0.497 e. The maximum Gasteiger partial charge on any atom is 0.330 e. The molecule has 230 valence electrons. The molecule has 2 N–H and O–H groups in total. The molecule has 2 heterocycles. The Kier molecular flexibility index (Phi) is 8.66. The standard InChI is InChI=1S/C36H34N2O7/c1-42-28-17-13-26(14-18-28)36(25-11-7-4-8-12-25,27-15-19-29(43-2)20-16-27)44-23-32-31(39)21-33(45-32)38-22-30(34(40)37-35(38)41)24-9-5-3-6-10-24/h3-20,22,31-33,39H,21,23H2,1-2H3,(H,37,40,41)/t31-,32?,33-/m1/s1. The smallest absolute Gasteiger partial charge is 0.330 e. The summed E-state index contributed by atoms with van der Waals surface area (Å²) in [7, 11) is 3.23. The first-order valence-corrected chi connectivity index (χ1v) is 14.7. The molecule has 5 aromatic rings. The van der Waals surface area contributed by atoms with Crippen LogP contribution in [0, 0.1) is 0 Å². The topological polar surface area (TPSA) is 112 Å². The molecule has 9 heteroatoms. The van der Waals surface area contributed by atoms with Crippen LogP contribution in [0.4, 0.5) is 0 Å². The van der Waals surface area contributed by atoms with E-state index < -0.39 is 35.3 Å². The highest BCUT2D eigenvalue weighted by atomic mass is 16.6. The molecule has 1 fully saturated rings. The molecule has 6 rings (SSSR count). The summed E-state index contributed by atoms with van der Waals surface area (Å²) >= 11 is 0. The number of nitrogens with one attached hydrogen (secondary N) is 1. The van der Waals surface area contributed by atoms with Crippen molar-refractivity contribution >= 4 is 0 Å². The summed E-state index contributed by atoms with van der Waals surface area (Å²) in [6.07, 6.45) is -0.895. The van der Waals surface area contributed by atoms with Crippen molar-refractivity contribution in [3.05, 3.63) is 153 Å². The first kappa shape index (κ1) is 30.1. The summed E-state index contributed by atoms with van der Waals surface area (Å²) in [6, 6.07) is 34.2. The normalized spacial score (nSPS) is 18.1. The molecular weight excluding hydrogens is 572 g/mol. The van der Waals surface area contributed by atoms with Gasteiger partial charge in [-0.15, -0.1) is 0 Å². The number of aliphatic hydroxyl groups excluding tert-OH is 1. The van der Waals surface area contributed by atoms with E-state index in [1.807, 2.05) is 97.1 Å². The zero-order chi connectivity index (χ0) is 31.4. The van der Waals surface area contributed by atoms with E-state index in [-0.39, 0.29) is 13.0 Å². The molecule has 1 unspecified atom stereocenters. The Morgan fingerprint density at radius 3 is 1.89 bits per heavy atom. The number of hydrogen-bond acceptors (Lipinski definition) is 7. The molecule has 0 amide bonds. The lowest BCUT2D eigenvalue weighted by atomic mass is 9.80. The summed E-state index contributed by atoms with van der Waals surface area (Å²) in [5.74, 6) is 1.41. The van der Waals surface area contributed by atoms with Crippen molar-refractivity contribution in [1.82, 2.24) is 9.55 Å². The summed E-state index contributed by atoms with van der Waals surface area (Å²) in [4.78, 5) is 27.9. The Morgan fingerprint density at radius 1 is 0.800 bits per heavy atom. The molecule has 0 bridgehead atoms. The van der Waals surface area contributed by atoms with Crippen LogP contribution < -0.4 is 20.7 Å². The number of hydrogen-bond donors (Lipinski definition) is 2. The zero-order valence-electron chi connectivity index (χ0n) is 25.0. The third-order valence-electron chi connectivity index (χ3n) is 8.20. The highest BCUT2D eigenvalue weighted by Crippen LogP contribution is 2.42. The Morgan fingerprint density at radius 2 is 1.33 bits per heavy atom. The van der Waals surface area contributed by atoms with Gasteiger partial charge in [0.15, 0.2) is 0 Å². The van der Waals surface area contributed by atoms with Crippen molar-refractivity contribution in [3.63, 3.8) is 0 Å². The molecule has 0 radical (unpaired) electrons. The molecule has 1 saturated heterocycles. The Labute approximate surface area is 260 Å². The van der Waals surface area contributed by atoms with Crippen LogP contribution in [0.25, 0.3) is 11.1 Å². The summed E-state index contributed by atoms with van der Waals surface area (Å²) in [5, 5.41) is 11.2. The van der Waals surface area contributed by atoms with Gasteiger partial charge in [-0.1, -0.05) is 84.9 Å². The SMILES string of the molecule is COc1ccc(C(OCC2O[C@@H](n3cc(-c4ccccc4)c(=O)[nH]c3=O)C[C@H]2O)(c2ccccc2)c2ccc(OC)cc2)cc1. The number of aliphatic hydroxyl groups is 1. The highest BCUT2D eigenvalue weighted by molar-refractivity contribution is 5.61. The zero-order valence-corrected chi connectivity index (χ0v) is 25.0. The fourth-order valence-corrected chi connectivity index (χ4v) is 5.84. The number of rotatable bonds is 10. The maximum atomic E-state index is 12.9. The minimum absolute atomic E-state index is 0.00569. The molecule has 4 aromatic carbocycles. The number of nitrogens with zero attached hydrogens (tertiary/aromatic N) is 1. The fourth-order valence-electron chi connectivity index (χ4n) is 5.84. The number of H-pyrrole nitrogens is 1. The third kappa shape index (κ3) is 5.93. The first-order chi connectivity index (χ1) is 21.9. The van der Waals surface area contributed by atoms with Crippen LogP contribution in [-0.2, 0) is 15.1 Å². The lowest BCUT2D eigenvalue weighted by molar-refractivity contribution is -0.0944. The van der Waals surface area contributed by atoms with Gasteiger partial charge in [0.25, 0.3) is 5.56 Å². The van der Waals surface area contributed by atoms with E-state index in [9.17, 15) is 14.7 Å². The van der Waals surface area contributed by atoms with Crippen LogP contribution in [0.5, 0.6) is 11.5 Å². The molecule has 1 aromatic heterocycles. The minimum atomic E-state index is -1.10. The van der Waals surface area contributed by atoms with Gasteiger partial charge < -0.3 is 24.1 Å². The second-order valence-corrected chi connectivity index (χ2v) is 10.8. The fraction of sp³-hybridized carbons (Fsp3) is 0.222. The van der Waals surface area contributed by atoms with E-state index >= 15 is 0 Å². The van der Waals surface area contributed by atoms with Crippen LogP contribution in [0.1, 0.15) is 29.3 Å². The van der Waals surface area contributed by atoms with Crippen molar-refractivity contribution in [1.29, 1.82) is 0 Å². The van der Waals surface area contributed by atoms with E-state index in [0.717, 1.165) is 16.7 Å². The molecular formula is C36H34N2O7. The molecule has 0 aliphatic carbocycles. The van der Waals surface area contributed by atoms with Crippen molar-refractivity contribution in [2.24, 2.45) is 0 Å². The number of benzene rings is 4. The molecule has 1 aliphatic heterocycles. The van der Waals surface area contributed by atoms with Gasteiger partial charge in [-0.3, -0.25) is 14.3 Å². The van der Waals surface area contributed by atoms with Crippen molar-refractivity contribution < 1.29 is 24.1 Å². The highest BCUT2D eigenvalue weighted by Gasteiger charge is 2.42. The van der Waals surface area contributed by atoms with Crippen LogP contribution in [0.3, 0.4) is 0 Å². The average Bonchev–Trinajstić information content (AvgIpc) is 3.46. The molecule has 45 heavy (non-hydrogen) atoms. The monoisotopic (exact) mass is 606 g/mol. The molecule has 9 nitrogen and oxygen atoms in total. The van der Waals surface area contributed by atoms with E-state index in [4.69, 9.17) is 18.9 Å². The van der Waals surface area contributed by atoms with Gasteiger partial charge in [0.2, 0.25) is 0 Å². The second kappa shape index (κ2) is 13.0. The molecule has 1 aliphatic rings. The first-order valence-electron chi connectivity index (χ1n) is 14.7. The van der Waals surface area contributed by atoms with Gasteiger partial charge in [0.1, 0.15) is 29.4 Å². The lowest BCUT2D eigenvalue weighted by Crippen LogP contribution is -2.38. The van der Waals surface area contributed by atoms with E-state index in [2.05, 4.69) is 4.98 Å². The van der Waals surface area contributed by atoms with E-state index in [0.29, 0.717) is 22.6 Å². The molecule has 0 saturated carbocycles. The van der Waals surface area contributed by atoms with Gasteiger partial charge in [-0.05, 0) is 46.5 Å². The Balaban J connectivity index is 1.36. The predicted molar refractivity (Wildman–Crippen MR) is 170 cm³/mol. The van der Waals surface area contributed by atoms with Gasteiger partial charge in [0, 0.05) is 12.6 Å². The Bertz CT molecular complexity index is 1790. The molecule has 0 spiro atoms. The van der Waals surface area contributed by atoms with Crippen LogP contribution in [-0.4, -0.2) is 47.7 Å². The summed E-state index contributed by atoms with van der Waals surface area (Å²) in [6.45, 7) is -0.00569. The number of methoxy groups -OCH3 is 2. The molecule has 3 atom stereocenters. The average molecular weight is 607 g/mol. The summed E-state index contributed by atoms with van der Waals surface area (Å²) < 4.78 is 25.4. The quantitative estimate of drug-likeness (QED) is 0.218. The van der Waals surface area contributed by atoms with Crippen molar-refractivity contribution in [2.75, 3.05) is 20.8 Å². The van der Waals surface area contributed by atoms with Crippen LogP contribution in [0.2, 0.25) is 0 Å². The van der Waals surface area contributed by atoms with Crippen molar-refractivity contribution in [2.45, 2.75) is 30.5 Å². The summed E-state index contributed by atoms with van der Waals surface area (Å²) in [5.41, 5.74) is 1.33. The van der Waals surface area contributed by atoms with Crippen LogP contribution in [0.15, 0.2) is 125 Å². The van der Waals surface area contributed by atoms with Gasteiger partial charge in [-0.25, -0.2) is 4.79 Å². The second-order valence-electron chi connectivity index (χ2n) is 10.8. The van der Waals surface area contributed by atoms with Gasteiger partial charge in [-0.2, -0.15) is 0 Å². The van der Waals surface area contributed by atoms with E-state index in [1.165, 1.54) is 10.8 Å². The number of aromatic amines is 1. The predicted octanol–water partition coefficient (Wildman–Crippen LogP) is 4.88. The number of aromatic nitrogens is 2. The Hall–Kier alpha value is -4.96. The van der Waals surface area contributed by atoms with Gasteiger partial charge >= 0.3 is 5.69 Å². The van der Waals surface area contributed by atoms with E-state index in [1.54, 1.807) is 26.4 Å². The minimum Gasteiger partial charge on any atom is -0.497 e. The third-order valence-corrected chi connectivity index (χ3v) is 8.20.